The van der Waals surface area contributed by atoms with Crippen LogP contribution in [-0.4, -0.2) is 40.4 Å². The molecule has 6 heteroatoms. The molecule has 0 saturated carbocycles. The number of ether oxygens (including phenoxy) is 4. The molecule has 0 radical (unpaired) electrons. The fraction of sp³-hybridized carbons (Fsp3) is 0.316. The third-order valence-corrected chi connectivity index (χ3v) is 3.57. The van der Waals surface area contributed by atoms with Crippen molar-refractivity contribution < 1.29 is 23.7 Å². The Morgan fingerprint density at radius 2 is 1.60 bits per heavy atom. The fourth-order valence-electron chi connectivity index (χ4n) is 2.32. The highest BCUT2D eigenvalue weighted by Crippen LogP contribution is 2.38. The highest BCUT2D eigenvalue weighted by Gasteiger charge is 2.16. The predicted octanol–water partition coefficient (Wildman–Crippen LogP) is 2.66. The summed E-state index contributed by atoms with van der Waals surface area (Å²) >= 11 is 0. The van der Waals surface area contributed by atoms with Crippen LogP contribution in [0.3, 0.4) is 0 Å². The minimum atomic E-state index is -0.234. The molecule has 0 aliphatic heterocycles. The average molecular weight is 345 g/mol. The van der Waals surface area contributed by atoms with E-state index in [2.05, 4.69) is 5.32 Å². The molecule has 0 aliphatic rings. The molecule has 1 N–H and O–H groups in total. The van der Waals surface area contributed by atoms with Gasteiger partial charge >= 0.3 is 0 Å². The van der Waals surface area contributed by atoms with E-state index in [1.54, 1.807) is 12.1 Å². The summed E-state index contributed by atoms with van der Waals surface area (Å²) in [4.78, 5) is 12.3. The van der Waals surface area contributed by atoms with E-state index in [1.807, 2.05) is 30.3 Å². The smallest absolute Gasteiger partial charge is 0.251 e. The number of amides is 1. The van der Waals surface area contributed by atoms with E-state index in [0.717, 1.165) is 5.56 Å². The summed E-state index contributed by atoms with van der Waals surface area (Å²) in [5, 5.41) is 2.81. The van der Waals surface area contributed by atoms with E-state index in [-0.39, 0.29) is 5.91 Å². The molecule has 0 saturated heterocycles. The van der Waals surface area contributed by atoms with Crippen LogP contribution in [0.1, 0.15) is 15.9 Å². The van der Waals surface area contributed by atoms with E-state index < -0.39 is 0 Å². The standard InChI is InChI=1S/C19H23NO5/c1-22-16-11-15(12-17(23-2)18(16)24-3)19(21)20-9-10-25-13-14-7-5-4-6-8-14/h4-8,11-12H,9-10,13H2,1-3H3,(H,20,21). The maximum atomic E-state index is 12.3. The van der Waals surface area contributed by atoms with Gasteiger partial charge in [-0.1, -0.05) is 30.3 Å². The number of carbonyl (C=O) groups excluding carboxylic acids is 1. The summed E-state index contributed by atoms with van der Waals surface area (Å²) in [7, 11) is 4.54. The van der Waals surface area contributed by atoms with E-state index in [4.69, 9.17) is 18.9 Å². The van der Waals surface area contributed by atoms with Gasteiger partial charge in [0.05, 0.1) is 34.5 Å². The molecule has 2 aromatic carbocycles. The first-order valence-electron chi connectivity index (χ1n) is 7.89. The van der Waals surface area contributed by atoms with Crippen molar-refractivity contribution in [3.63, 3.8) is 0 Å². The van der Waals surface area contributed by atoms with Crippen LogP contribution in [0.15, 0.2) is 42.5 Å². The second kappa shape index (κ2) is 9.54. The Bertz CT molecular complexity index is 662. The van der Waals surface area contributed by atoms with Crippen LogP contribution >= 0.6 is 0 Å². The summed E-state index contributed by atoms with van der Waals surface area (Å²) in [5.41, 5.74) is 1.52. The van der Waals surface area contributed by atoms with E-state index >= 15 is 0 Å². The first-order chi connectivity index (χ1) is 12.2. The van der Waals surface area contributed by atoms with Crippen molar-refractivity contribution in [1.29, 1.82) is 0 Å². The first kappa shape index (κ1) is 18.6. The lowest BCUT2D eigenvalue weighted by Crippen LogP contribution is -2.27. The lowest BCUT2D eigenvalue weighted by Gasteiger charge is -2.14. The maximum absolute atomic E-state index is 12.3. The predicted molar refractivity (Wildman–Crippen MR) is 94.5 cm³/mol. The Hall–Kier alpha value is -2.73. The quantitative estimate of drug-likeness (QED) is 0.708. The summed E-state index contributed by atoms with van der Waals surface area (Å²) in [6.07, 6.45) is 0. The van der Waals surface area contributed by atoms with Crippen molar-refractivity contribution in [3.8, 4) is 17.2 Å². The Kier molecular flexibility index (Phi) is 7.10. The van der Waals surface area contributed by atoms with Crippen LogP contribution in [-0.2, 0) is 11.3 Å². The van der Waals surface area contributed by atoms with Crippen molar-refractivity contribution in [1.82, 2.24) is 5.32 Å². The molecule has 2 aromatic rings. The van der Waals surface area contributed by atoms with Gasteiger partial charge in [0.2, 0.25) is 5.75 Å². The first-order valence-corrected chi connectivity index (χ1v) is 7.89. The van der Waals surface area contributed by atoms with Crippen LogP contribution in [0.2, 0.25) is 0 Å². The summed E-state index contributed by atoms with van der Waals surface area (Å²) < 4.78 is 21.3. The number of rotatable bonds is 9. The van der Waals surface area contributed by atoms with Gasteiger partial charge in [0, 0.05) is 12.1 Å². The largest absolute Gasteiger partial charge is 0.493 e. The Morgan fingerprint density at radius 1 is 0.960 bits per heavy atom. The molecule has 0 heterocycles. The van der Waals surface area contributed by atoms with Crippen molar-refractivity contribution in [2.75, 3.05) is 34.5 Å². The number of nitrogens with one attached hydrogen (secondary N) is 1. The molecule has 0 spiro atoms. The molecule has 1 amide bonds. The van der Waals surface area contributed by atoms with Crippen LogP contribution in [0.25, 0.3) is 0 Å². The highest BCUT2D eigenvalue weighted by atomic mass is 16.5. The van der Waals surface area contributed by atoms with Gasteiger partial charge in [0.1, 0.15) is 0 Å². The molecule has 134 valence electrons. The van der Waals surface area contributed by atoms with Gasteiger partial charge in [-0.15, -0.1) is 0 Å². The van der Waals surface area contributed by atoms with Gasteiger partial charge in [0.25, 0.3) is 5.91 Å². The number of methoxy groups -OCH3 is 3. The van der Waals surface area contributed by atoms with Crippen LogP contribution < -0.4 is 19.5 Å². The molecular weight excluding hydrogens is 322 g/mol. The molecule has 25 heavy (non-hydrogen) atoms. The second-order valence-corrected chi connectivity index (χ2v) is 5.21. The van der Waals surface area contributed by atoms with Crippen molar-refractivity contribution in [2.45, 2.75) is 6.61 Å². The number of carbonyl (C=O) groups is 1. The molecule has 2 rings (SSSR count). The SMILES string of the molecule is COc1cc(C(=O)NCCOCc2ccccc2)cc(OC)c1OC. The van der Waals surface area contributed by atoms with E-state index in [0.29, 0.717) is 42.6 Å². The van der Waals surface area contributed by atoms with Gasteiger partial charge in [-0.05, 0) is 17.7 Å². The van der Waals surface area contributed by atoms with E-state index in [1.165, 1.54) is 21.3 Å². The Balaban J connectivity index is 1.88. The second-order valence-electron chi connectivity index (χ2n) is 5.21. The monoisotopic (exact) mass is 345 g/mol. The number of hydrogen-bond donors (Lipinski definition) is 1. The maximum Gasteiger partial charge on any atom is 0.251 e. The van der Waals surface area contributed by atoms with Gasteiger partial charge in [-0.3, -0.25) is 4.79 Å². The van der Waals surface area contributed by atoms with Gasteiger partial charge < -0.3 is 24.3 Å². The third-order valence-electron chi connectivity index (χ3n) is 3.57. The molecular formula is C19H23NO5. The number of hydrogen-bond acceptors (Lipinski definition) is 5. The zero-order chi connectivity index (χ0) is 18.1. The third kappa shape index (κ3) is 5.12. The molecule has 0 bridgehead atoms. The van der Waals surface area contributed by atoms with Crippen molar-refractivity contribution in [3.05, 3.63) is 53.6 Å². The van der Waals surface area contributed by atoms with Crippen LogP contribution in [0.5, 0.6) is 17.2 Å². The minimum Gasteiger partial charge on any atom is -0.493 e. The van der Waals surface area contributed by atoms with Gasteiger partial charge in [-0.25, -0.2) is 0 Å². The topological polar surface area (TPSA) is 66.0 Å². The van der Waals surface area contributed by atoms with Gasteiger partial charge in [0.15, 0.2) is 11.5 Å². The van der Waals surface area contributed by atoms with Crippen LogP contribution in [0, 0.1) is 0 Å². The van der Waals surface area contributed by atoms with Crippen molar-refractivity contribution >= 4 is 5.91 Å². The highest BCUT2D eigenvalue weighted by molar-refractivity contribution is 5.95. The van der Waals surface area contributed by atoms with Gasteiger partial charge in [-0.2, -0.15) is 0 Å². The average Bonchev–Trinajstić information content (AvgIpc) is 2.67. The Labute approximate surface area is 147 Å². The molecule has 0 fully saturated rings. The molecule has 0 unspecified atom stereocenters. The minimum absolute atomic E-state index is 0.234. The van der Waals surface area contributed by atoms with Crippen LogP contribution in [0.4, 0.5) is 0 Å². The summed E-state index contributed by atoms with van der Waals surface area (Å²) in [6, 6.07) is 13.1. The van der Waals surface area contributed by atoms with E-state index in [9.17, 15) is 4.79 Å². The number of benzene rings is 2. The summed E-state index contributed by atoms with van der Waals surface area (Å²) in [6.45, 7) is 1.34. The summed E-state index contributed by atoms with van der Waals surface area (Å²) in [5.74, 6) is 1.09. The zero-order valence-electron chi connectivity index (χ0n) is 14.7. The molecule has 0 atom stereocenters. The molecule has 6 nitrogen and oxygen atoms in total. The molecule has 0 aromatic heterocycles. The Morgan fingerprint density at radius 3 is 2.16 bits per heavy atom. The fourth-order valence-corrected chi connectivity index (χ4v) is 2.32. The van der Waals surface area contributed by atoms with Crippen molar-refractivity contribution in [2.24, 2.45) is 0 Å². The zero-order valence-corrected chi connectivity index (χ0v) is 14.7. The normalized spacial score (nSPS) is 10.2. The lowest BCUT2D eigenvalue weighted by molar-refractivity contribution is 0.0900. The lowest BCUT2D eigenvalue weighted by atomic mass is 10.1. The molecule has 0 aliphatic carbocycles.